The second kappa shape index (κ2) is 8.34. The molecule has 1 aliphatic heterocycles. The number of rotatable bonds is 6. The maximum absolute atomic E-state index is 12.3. The summed E-state index contributed by atoms with van der Waals surface area (Å²) in [6.45, 7) is 0.660. The second-order valence-corrected chi connectivity index (χ2v) is 7.03. The summed E-state index contributed by atoms with van der Waals surface area (Å²) in [5.74, 6) is 2.06. The number of carbonyl (C=O) groups excluding carboxylic acids is 1. The third-order valence-corrected chi connectivity index (χ3v) is 5.38. The molecule has 1 aromatic carbocycles. The Hall–Kier alpha value is -1.14. The van der Waals surface area contributed by atoms with Crippen molar-refractivity contribution in [2.24, 2.45) is 0 Å². The zero-order chi connectivity index (χ0) is 15.1. The summed E-state index contributed by atoms with van der Waals surface area (Å²) in [6, 6.07) is 9.88. The van der Waals surface area contributed by atoms with Crippen LogP contribution in [0.3, 0.4) is 0 Å². The zero-order valence-corrected chi connectivity index (χ0v) is 13.4. The van der Waals surface area contributed by atoms with Gasteiger partial charge in [0.1, 0.15) is 0 Å². The van der Waals surface area contributed by atoms with Crippen LogP contribution in [0.2, 0.25) is 0 Å². The number of thioether (sulfide) groups is 2. The normalized spacial score (nSPS) is 18.5. The smallest absolute Gasteiger partial charge is 0.305 e. The van der Waals surface area contributed by atoms with Gasteiger partial charge in [0.25, 0.3) is 0 Å². The predicted octanol–water partition coefficient (Wildman–Crippen LogP) is 2.34. The second-order valence-electron chi connectivity index (χ2n) is 4.89. The molecule has 114 valence electrons. The average molecular weight is 325 g/mol. The molecule has 1 atom stereocenters. The topological polar surface area (TPSA) is 57.6 Å². The monoisotopic (exact) mass is 325 g/mol. The first-order valence-electron chi connectivity index (χ1n) is 6.87. The Kier molecular flexibility index (Phi) is 6.45. The summed E-state index contributed by atoms with van der Waals surface area (Å²) in [7, 11) is 0. The van der Waals surface area contributed by atoms with Crippen LogP contribution in [0.15, 0.2) is 30.3 Å². The first-order valence-corrected chi connectivity index (χ1v) is 9.18. The lowest BCUT2D eigenvalue weighted by Crippen LogP contribution is -2.47. The zero-order valence-electron chi connectivity index (χ0n) is 11.7. The molecule has 0 aliphatic carbocycles. The van der Waals surface area contributed by atoms with E-state index in [2.05, 4.69) is 0 Å². The summed E-state index contributed by atoms with van der Waals surface area (Å²) in [5, 5.41) is 8.94. The van der Waals surface area contributed by atoms with E-state index in [-0.39, 0.29) is 18.4 Å². The molecule has 1 aromatic rings. The van der Waals surface area contributed by atoms with E-state index < -0.39 is 5.97 Å². The minimum atomic E-state index is -0.836. The standard InChI is InChI=1S/C15H19NO3S2/c17-14(11-21-9-12-4-2-1-3-5-12)16-6-7-20-10-13(16)8-15(18)19/h1-5,13H,6-11H2,(H,18,19). The van der Waals surface area contributed by atoms with E-state index in [4.69, 9.17) is 5.11 Å². The fourth-order valence-corrected chi connectivity index (χ4v) is 4.20. The van der Waals surface area contributed by atoms with Crippen molar-refractivity contribution in [2.75, 3.05) is 23.8 Å². The predicted molar refractivity (Wildman–Crippen MR) is 87.7 cm³/mol. The fourth-order valence-electron chi connectivity index (χ4n) is 2.27. The Labute approximate surface area is 133 Å². The molecule has 0 aromatic heterocycles. The molecule has 21 heavy (non-hydrogen) atoms. The molecular weight excluding hydrogens is 306 g/mol. The Morgan fingerprint density at radius 2 is 2.10 bits per heavy atom. The van der Waals surface area contributed by atoms with Crippen LogP contribution in [0.4, 0.5) is 0 Å². The van der Waals surface area contributed by atoms with Gasteiger partial charge in [0.05, 0.1) is 18.2 Å². The van der Waals surface area contributed by atoms with E-state index in [0.717, 1.165) is 17.3 Å². The molecule has 1 heterocycles. The number of hydrogen-bond donors (Lipinski definition) is 1. The van der Waals surface area contributed by atoms with E-state index in [9.17, 15) is 9.59 Å². The number of carboxylic acids is 1. The molecule has 4 nitrogen and oxygen atoms in total. The van der Waals surface area contributed by atoms with Crippen LogP contribution in [-0.2, 0) is 15.3 Å². The van der Waals surface area contributed by atoms with Crippen molar-refractivity contribution in [3.8, 4) is 0 Å². The fraction of sp³-hybridized carbons (Fsp3) is 0.467. The molecule has 1 aliphatic rings. The Morgan fingerprint density at radius 1 is 1.33 bits per heavy atom. The molecule has 0 saturated carbocycles. The van der Waals surface area contributed by atoms with Gasteiger partial charge in [-0.25, -0.2) is 0 Å². The number of nitrogens with zero attached hydrogens (tertiary/aromatic N) is 1. The van der Waals surface area contributed by atoms with Crippen molar-refractivity contribution >= 4 is 35.4 Å². The first kappa shape index (κ1) is 16.2. The van der Waals surface area contributed by atoms with Gasteiger partial charge in [-0.15, -0.1) is 11.8 Å². The largest absolute Gasteiger partial charge is 0.481 e. The van der Waals surface area contributed by atoms with Crippen molar-refractivity contribution < 1.29 is 14.7 Å². The molecule has 2 rings (SSSR count). The number of hydrogen-bond acceptors (Lipinski definition) is 4. The van der Waals surface area contributed by atoms with Crippen LogP contribution in [0.5, 0.6) is 0 Å². The van der Waals surface area contributed by atoms with Crippen molar-refractivity contribution in [3.63, 3.8) is 0 Å². The summed E-state index contributed by atoms with van der Waals surface area (Å²) < 4.78 is 0. The SMILES string of the molecule is O=C(O)CC1CSCCN1C(=O)CSCc1ccccc1. The van der Waals surface area contributed by atoms with Crippen LogP contribution in [0.1, 0.15) is 12.0 Å². The van der Waals surface area contributed by atoms with Gasteiger partial charge in [0.2, 0.25) is 5.91 Å². The van der Waals surface area contributed by atoms with Gasteiger partial charge >= 0.3 is 5.97 Å². The number of amides is 1. The molecule has 1 saturated heterocycles. The first-order chi connectivity index (χ1) is 10.2. The lowest BCUT2D eigenvalue weighted by atomic mass is 10.2. The highest BCUT2D eigenvalue weighted by atomic mass is 32.2. The van der Waals surface area contributed by atoms with E-state index in [1.54, 1.807) is 28.4 Å². The van der Waals surface area contributed by atoms with E-state index in [1.165, 1.54) is 5.56 Å². The van der Waals surface area contributed by atoms with Crippen LogP contribution in [0, 0.1) is 0 Å². The van der Waals surface area contributed by atoms with E-state index in [1.807, 2.05) is 30.3 Å². The number of carboxylic acid groups (broad SMARTS) is 1. The highest BCUT2D eigenvalue weighted by Gasteiger charge is 2.28. The lowest BCUT2D eigenvalue weighted by Gasteiger charge is -2.34. The summed E-state index contributed by atoms with van der Waals surface area (Å²) in [4.78, 5) is 24.9. The third-order valence-electron chi connectivity index (χ3n) is 3.30. The Balaban J connectivity index is 1.81. The maximum atomic E-state index is 12.3. The molecule has 0 spiro atoms. The lowest BCUT2D eigenvalue weighted by molar-refractivity contribution is -0.139. The number of carbonyl (C=O) groups is 2. The minimum Gasteiger partial charge on any atom is -0.481 e. The highest BCUT2D eigenvalue weighted by Crippen LogP contribution is 2.21. The van der Waals surface area contributed by atoms with Crippen molar-refractivity contribution in [1.82, 2.24) is 4.90 Å². The van der Waals surface area contributed by atoms with Crippen molar-refractivity contribution in [1.29, 1.82) is 0 Å². The van der Waals surface area contributed by atoms with Crippen molar-refractivity contribution in [2.45, 2.75) is 18.2 Å². The summed E-state index contributed by atoms with van der Waals surface area (Å²) >= 11 is 3.31. The number of benzene rings is 1. The van der Waals surface area contributed by atoms with Gasteiger partial charge in [-0.3, -0.25) is 9.59 Å². The Morgan fingerprint density at radius 3 is 2.81 bits per heavy atom. The number of aliphatic carboxylic acids is 1. The summed E-state index contributed by atoms with van der Waals surface area (Å²) in [6.07, 6.45) is 0.0437. The van der Waals surface area contributed by atoms with E-state index >= 15 is 0 Å². The van der Waals surface area contributed by atoms with Crippen LogP contribution in [-0.4, -0.2) is 51.7 Å². The molecule has 0 radical (unpaired) electrons. The maximum Gasteiger partial charge on any atom is 0.305 e. The molecule has 0 bridgehead atoms. The van der Waals surface area contributed by atoms with Crippen molar-refractivity contribution in [3.05, 3.63) is 35.9 Å². The van der Waals surface area contributed by atoms with E-state index in [0.29, 0.717) is 12.3 Å². The van der Waals surface area contributed by atoms with Crippen LogP contribution >= 0.6 is 23.5 Å². The van der Waals surface area contributed by atoms with Gasteiger partial charge in [-0.2, -0.15) is 11.8 Å². The van der Waals surface area contributed by atoms with Gasteiger partial charge in [-0.05, 0) is 5.56 Å². The molecule has 1 unspecified atom stereocenters. The molecule has 1 amide bonds. The van der Waals surface area contributed by atoms with Crippen LogP contribution < -0.4 is 0 Å². The van der Waals surface area contributed by atoms with Crippen LogP contribution in [0.25, 0.3) is 0 Å². The molecule has 1 fully saturated rings. The highest BCUT2D eigenvalue weighted by molar-refractivity contribution is 7.99. The van der Waals surface area contributed by atoms with Gasteiger partial charge < -0.3 is 10.0 Å². The molecular formula is C15H19NO3S2. The van der Waals surface area contributed by atoms with Gasteiger partial charge in [0.15, 0.2) is 0 Å². The third kappa shape index (κ3) is 5.28. The summed E-state index contributed by atoms with van der Waals surface area (Å²) in [5.41, 5.74) is 1.20. The van der Waals surface area contributed by atoms with Gasteiger partial charge in [0, 0.05) is 23.8 Å². The van der Waals surface area contributed by atoms with Gasteiger partial charge in [-0.1, -0.05) is 30.3 Å². The molecule has 1 N–H and O–H groups in total. The minimum absolute atomic E-state index is 0.0437. The molecule has 6 heteroatoms. The quantitative estimate of drug-likeness (QED) is 0.870. The Bertz CT molecular complexity index is 481. The average Bonchev–Trinajstić information content (AvgIpc) is 2.48.